The minimum atomic E-state index is -0.546. The van der Waals surface area contributed by atoms with Gasteiger partial charge >= 0.3 is 5.97 Å². The van der Waals surface area contributed by atoms with Crippen LogP contribution in [0.1, 0.15) is 23.2 Å². The number of esters is 1. The van der Waals surface area contributed by atoms with E-state index in [1.165, 1.54) is 19.2 Å². The van der Waals surface area contributed by atoms with Crippen LogP contribution in [0.25, 0.3) is 0 Å². The van der Waals surface area contributed by atoms with Gasteiger partial charge in [0.05, 0.1) is 12.0 Å². The maximum absolute atomic E-state index is 12.0. The molecular formula is C20H22N4O6. The quantitative estimate of drug-likeness (QED) is 0.235. The SMILES string of the molecule is COC(=O)CNC(=O)c1ccc(NC(=O)CCCNc2ccc([N+](=O)[O-])cc2)cc1. The molecule has 2 aromatic carbocycles. The summed E-state index contributed by atoms with van der Waals surface area (Å²) in [6.07, 6.45) is 0.845. The summed E-state index contributed by atoms with van der Waals surface area (Å²) in [6, 6.07) is 12.3. The highest BCUT2D eigenvalue weighted by molar-refractivity contribution is 5.97. The van der Waals surface area contributed by atoms with E-state index in [0.29, 0.717) is 24.2 Å². The maximum Gasteiger partial charge on any atom is 0.325 e. The number of nitrogens with one attached hydrogen (secondary N) is 3. The van der Waals surface area contributed by atoms with Gasteiger partial charge in [-0.3, -0.25) is 24.5 Å². The zero-order valence-corrected chi connectivity index (χ0v) is 16.3. The Morgan fingerprint density at radius 2 is 1.63 bits per heavy atom. The molecule has 3 N–H and O–H groups in total. The standard InChI is InChI=1S/C20H22N4O6/c1-30-19(26)13-22-20(27)14-4-6-16(7-5-14)23-18(25)3-2-12-21-15-8-10-17(11-9-15)24(28)29/h4-11,21H,2-3,12-13H2,1H3,(H,22,27)(H,23,25). The number of carbonyl (C=O) groups is 3. The number of hydrogen-bond acceptors (Lipinski definition) is 7. The fraction of sp³-hybridized carbons (Fsp3) is 0.250. The molecule has 0 aromatic heterocycles. The van der Waals surface area contributed by atoms with Crippen LogP contribution in [0.4, 0.5) is 17.1 Å². The number of nitrogens with zero attached hydrogens (tertiary/aromatic N) is 1. The van der Waals surface area contributed by atoms with Crippen molar-refractivity contribution in [2.45, 2.75) is 12.8 Å². The van der Waals surface area contributed by atoms with Crippen LogP contribution in [0.3, 0.4) is 0 Å². The molecule has 0 unspecified atom stereocenters. The lowest BCUT2D eigenvalue weighted by atomic mass is 10.2. The molecule has 10 heteroatoms. The topological polar surface area (TPSA) is 140 Å². The first-order valence-electron chi connectivity index (χ1n) is 9.12. The number of nitro benzene ring substituents is 1. The van der Waals surface area contributed by atoms with Gasteiger partial charge in [-0.1, -0.05) is 0 Å². The van der Waals surface area contributed by atoms with Crippen LogP contribution in [-0.4, -0.2) is 42.9 Å². The van der Waals surface area contributed by atoms with Gasteiger partial charge in [0.1, 0.15) is 6.54 Å². The number of methoxy groups -OCH3 is 1. The molecule has 30 heavy (non-hydrogen) atoms. The second-order valence-corrected chi connectivity index (χ2v) is 6.22. The average molecular weight is 414 g/mol. The first kappa shape index (κ1) is 22.3. The summed E-state index contributed by atoms with van der Waals surface area (Å²) in [5.41, 5.74) is 1.66. The summed E-state index contributed by atoms with van der Waals surface area (Å²) in [7, 11) is 1.23. The number of nitro groups is 1. The Labute approximate surface area is 172 Å². The molecule has 0 fully saturated rings. The summed E-state index contributed by atoms with van der Waals surface area (Å²) >= 11 is 0. The van der Waals surface area contributed by atoms with Crippen LogP contribution in [0.5, 0.6) is 0 Å². The van der Waals surface area contributed by atoms with Gasteiger partial charge in [-0.2, -0.15) is 0 Å². The fourth-order valence-electron chi connectivity index (χ4n) is 2.44. The maximum atomic E-state index is 12.0. The Kier molecular flexibility index (Phi) is 8.30. The molecule has 2 aromatic rings. The number of rotatable bonds is 10. The van der Waals surface area contributed by atoms with E-state index in [1.54, 1.807) is 36.4 Å². The molecule has 0 aliphatic rings. The molecule has 0 saturated carbocycles. The number of anilines is 2. The lowest BCUT2D eigenvalue weighted by Crippen LogP contribution is -2.30. The van der Waals surface area contributed by atoms with Gasteiger partial charge < -0.3 is 20.7 Å². The summed E-state index contributed by atoms with van der Waals surface area (Å²) < 4.78 is 4.45. The molecule has 0 bridgehead atoms. The Hall–Kier alpha value is -3.95. The monoisotopic (exact) mass is 414 g/mol. The van der Waals surface area contributed by atoms with Crippen molar-refractivity contribution < 1.29 is 24.0 Å². The first-order chi connectivity index (χ1) is 14.4. The molecule has 0 heterocycles. The smallest absolute Gasteiger partial charge is 0.325 e. The van der Waals surface area contributed by atoms with Crippen LogP contribution in [0, 0.1) is 10.1 Å². The molecule has 0 aliphatic heterocycles. The second-order valence-electron chi connectivity index (χ2n) is 6.22. The third-order valence-corrected chi connectivity index (χ3v) is 4.04. The van der Waals surface area contributed by atoms with Gasteiger partial charge in [0.25, 0.3) is 11.6 Å². The van der Waals surface area contributed by atoms with Crippen molar-refractivity contribution in [3.05, 3.63) is 64.2 Å². The Balaban J connectivity index is 1.71. The highest BCUT2D eigenvalue weighted by atomic mass is 16.6. The van der Waals surface area contributed by atoms with Gasteiger partial charge in [-0.05, 0) is 42.8 Å². The van der Waals surface area contributed by atoms with E-state index in [1.807, 2.05) is 0 Å². The van der Waals surface area contributed by atoms with Crippen LogP contribution < -0.4 is 16.0 Å². The van der Waals surface area contributed by atoms with Gasteiger partial charge in [0, 0.05) is 42.0 Å². The number of ether oxygens (including phenoxy) is 1. The third kappa shape index (κ3) is 7.23. The van der Waals surface area contributed by atoms with E-state index >= 15 is 0 Å². The first-order valence-corrected chi connectivity index (χ1v) is 9.12. The number of amides is 2. The molecule has 2 rings (SSSR count). The molecule has 0 spiro atoms. The number of non-ortho nitro benzene ring substituents is 1. The van der Waals surface area contributed by atoms with Crippen LogP contribution >= 0.6 is 0 Å². The highest BCUT2D eigenvalue weighted by Gasteiger charge is 2.09. The lowest BCUT2D eigenvalue weighted by molar-refractivity contribution is -0.384. The van der Waals surface area contributed by atoms with Crippen LogP contribution in [0.2, 0.25) is 0 Å². The highest BCUT2D eigenvalue weighted by Crippen LogP contribution is 2.15. The van der Waals surface area contributed by atoms with Gasteiger partial charge in [0.15, 0.2) is 0 Å². The van der Waals surface area contributed by atoms with E-state index in [9.17, 15) is 24.5 Å². The molecule has 0 radical (unpaired) electrons. The normalized spacial score (nSPS) is 10.0. The lowest BCUT2D eigenvalue weighted by Gasteiger charge is -2.08. The van der Waals surface area contributed by atoms with E-state index in [2.05, 4.69) is 20.7 Å². The largest absolute Gasteiger partial charge is 0.468 e. The predicted molar refractivity (Wildman–Crippen MR) is 110 cm³/mol. The molecule has 158 valence electrons. The van der Waals surface area contributed by atoms with Crippen molar-refractivity contribution in [3.63, 3.8) is 0 Å². The fourth-order valence-corrected chi connectivity index (χ4v) is 2.44. The molecule has 0 atom stereocenters. The van der Waals surface area contributed by atoms with Crippen molar-refractivity contribution in [1.82, 2.24) is 5.32 Å². The van der Waals surface area contributed by atoms with Crippen molar-refractivity contribution >= 4 is 34.8 Å². The Bertz CT molecular complexity index is 897. The molecule has 0 aliphatic carbocycles. The molecular weight excluding hydrogens is 392 g/mol. The zero-order valence-electron chi connectivity index (χ0n) is 16.3. The third-order valence-electron chi connectivity index (χ3n) is 4.04. The summed E-state index contributed by atoms with van der Waals surface area (Å²) in [5, 5.41) is 18.9. The summed E-state index contributed by atoms with van der Waals surface area (Å²) in [4.78, 5) is 45.1. The van der Waals surface area contributed by atoms with E-state index < -0.39 is 16.8 Å². The number of carbonyl (C=O) groups excluding carboxylic acids is 3. The minimum absolute atomic E-state index is 0.0203. The van der Waals surface area contributed by atoms with E-state index in [4.69, 9.17) is 0 Å². The van der Waals surface area contributed by atoms with Gasteiger partial charge in [-0.25, -0.2) is 0 Å². The Morgan fingerprint density at radius 1 is 1.00 bits per heavy atom. The van der Waals surface area contributed by atoms with Crippen molar-refractivity contribution in [3.8, 4) is 0 Å². The minimum Gasteiger partial charge on any atom is -0.468 e. The van der Waals surface area contributed by atoms with E-state index in [-0.39, 0.29) is 24.6 Å². The van der Waals surface area contributed by atoms with Crippen molar-refractivity contribution in [1.29, 1.82) is 0 Å². The summed E-state index contributed by atoms with van der Waals surface area (Å²) in [5.74, 6) is -1.14. The second kappa shape index (κ2) is 11.1. The molecule has 10 nitrogen and oxygen atoms in total. The number of hydrogen-bond donors (Lipinski definition) is 3. The van der Waals surface area contributed by atoms with Gasteiger partial charge in [0.2, 0.25) is 5.91 Å². The summed E-state index contributed by atoms with van der Waals surface area (Å²) in [6.45, 7) is 0.312. The molecule has 2 amide bonds. The Morgan fingerprint density at radius 3 is 2.23 bits per heavy atom. The zero-order chi connectivity index (χ0) is 21.9. The van der Waals surface area contributed by atoms with Crippen LogP contribution in [-0.2, 0) is 14.3 Å². The predicted octanol–water partition coefficient (Wildman–Crippen LogP) is 2.33. The van der Waals surface area contributed by atoms with E-state index in [0.717, 1.165) is 5.69 Å². The van der Waals surface area contributed by atoms with Crippen molar-refractivity contribution in [2.24, 2.45) is 0 Å². The number of benzene rings is 2. The van der Waals surface area contributed by atoms with Crippen LogP contribution in [0.15, 0.2) is 48.5 Å². The molecule has 0 saturated heterocycles. The van der Waals surface area contributed by atoms with Crippen molar-refractivity contribution in [2.75, 3.05) is 30.8 Å². The van der Waals surface area contributed by atoms with Gasteiger partial charge in [-0.15, -0.1) is 0 Å². The average Bonchev–Trinajstić information content (AvgIpc) is 2.75.